The van der Waals surface area contributed by atoms with E-state index >= 15 is 0 Å². The van der Waals surface area contributed by atoms with Crippen LogP contribution in [0.15, 0.2) is 16.8 Å². The van der Waals surface area contributed by atoms with E-state index in [1.54, 1.807) is 11.3 Å². The summed E-state index contributed by atoms with van der Waals surface area (Å²) in [5, 5.41) is 7.76. The summed E-state index contributed by atoms with van der Waals surface area (Å²) >= 11 is 1.71. The molecule has 0 bridgehead atoms. The third-order valence-electron chi connectivity index (χ3n) is 5.35. The van der Waals surface area contributed by atoms with E-state index in [4.69, 9.17) is 0 Å². The van der Waals surface area contributed by atoms with Crippen molar-refractivity contribution in [2.75, 3.05) is 13.1 Å². The van der Waals surface area contributed by atoms with Gasteiger partial charge in [-0.05, 0) is 55.1 Å². The smallest absolute Gasteiger partial charge is 0.241 e. The predicted octanol–water partition coefficient (Wildman–Crippen LogP) is 2.19. The number of carbonyl (C=O) groups excluding carboxylic acids is 1. The van der Waals surface area contributed by atoms with Crippen molar-refractivity contribution in [2.45, 2.75) is 56.9 Å². The van der Waals surface area contributed by atoms with Crippen molar-refractivity contribution in [2.24, 2.45) is 0 Å². The van der Waals surface area contributed by atoms with Gasteiger partial charge in [0, 0.05) is 12.6 Å². The molecule has 0 aliphatic carbocycles. The molecule has 0 aromatic carbocycles. The van der Waals surface area contributed by atoms with Gasteiger partial charge < -0.3 is 4.90 Å². The lowest BCUT2D eigenvalue weighted by atomic mass is 9.97. The second kappa shape index (κ2) is 5.38. The maximum absolute atomic E-state index is 12.7. The quantitative estimate of drug-likeness (QED) is 0.910. The van der Waals surface area contributed by atoms with Crippen LogP contribution in [0.3, 0.4) is 0 Å². The van der Waals surface area contributed by atoms with Crippen molar-refractivity contribution in [3.63, 3.8) is 0 Å². The van der Waals surface area contributed by atoms with Gasteiger partial charge in [0.1, 0.15) is 6.17 Å². The molecule has 3 saturated heterocycles. The second-order valence-electron chi connectivity index (χ2n) is 6.55. The average molecular weight is 305 g/mol. The van der Waals surface area contributed by atoms with Gasteiger partial charge >= 0.3 is 0 Å². The molecular weight excluding hydrogens is 282 g/mol. The van der Waals surface area contributed by atoms with Crippen molar-refractivity contribution >= 4 is 17.2 Å². The number of nitrogens with zero attached hydrogens (tertiary/aromatic N) is 2. The van der Waals surface area contributed by atoms with E-state index in [1.165, 1.54) is 31.4 Å². The summed E-state index contributed by atoms with van der Waals surface area (Å²) in [7, 11) is 0. The van der Waals surface area contributed by atoms with Crippen LogP contribution in [-0.2, 0) is 4.79 Å². The molecule has 114 valence electrons. The van der Waals surface area contributed by atoms with E-state index in [9.17, 15) is 4.79 Å². The van der Waals surface area contributed by atoms with Gasteiger partial charge in [-0.15, -0.1) is 0 Å². The van der Waals surface area contributed by atoms with Gasteiger partial charge in [0.25, 0.3) is 0 Å². The molecule has 1 aromatic heterocycles. The lowest BCUT2D eigenvalue weighted by Crippen LogP contribution is -2.49. The summed E-state index contributed by atoms with van der Waals surface area (Å²) < 4.78 is 0. The molecule has 1 N–H and O–H groups in total. The van der Waals surface area contributed by atoms with E-state index in [0.717, 1.165) is 13.0 Å². The fraction of sp³-hybridized carbons (Fsp3) is 0.688. The fourth-order valence-electron chi connectivity index (χ4n) is 4.33. The molecule has 3 fully saturated rings. The first-order chi connectivity index (χ1) is 10.3. The molecule has 21 heavy (non-hydrogen) atoms. The first kappa shape index (κ1) is 13.7. The zero-order valence-corrected chi connectivity index (χ0v) is 13.3. The number of carbonyl (C=O) groups is 1. The Morgan fingerprint density at radius 1 is 1.24 bits per heavy atom. The van der Waals surface area contributed by atoms with Gasteiger partial charge in [0.2, 0.25) is 5.91 Å². The van der Waals surface area contributed by atoms with Crippen molar-refractivity contribution in [1.29, 1.82) is 0 Å². The molecule has 0 radical (unpaired) electrons. The van der Waals surface area contributed by atoms with Gasteiger partial charge in [-0.1, -0.05) is 6.42 Å². The van der Waals surface area contributed by atoms with E-state index in [1.807, 2.05) is 6.92 Å². The summed E-state index contributed by atoms with van der Waals surface area (Å²) in [4.78, 5) is 17.5. The zero-order chi connectivity index (χ0) is 14.4. The largest absolute Gasteiger partial charge is 0.317 e. The summed E-state index contributed by atoms with van der Waals surface area (Å²) in [6.07, 6.45) is 5.08. The van der Waals surface area contributed by atoms with E-state index in [-0.39, 0.29) is 18.1 Å². The summed E-state index contributed by atoms with van der Waals surface area (Å²) in [5.74, 6) is 0.281. The van der Waals surface area contributed by atoms with Crippen molar-refractivity contribution < 1.29 is 4.79 Å². The minimum atomic E-state index is -0.0625. The number of amides is 1. The highest BCUT2D eigenvalue weighted by Crippen LogP contribution is 2.37. The predicted molar refractivity (Wildman–Crippen MR) is 84.1 cm³/mol. The maximum Gasteiger partial charge on any atom is 0.241 e. The molecule has 0 spiro atoms. The van der Waals surface area contributed by atoms with Crippen LogP contribution in [0.25, 0.3) is 0 Å². The van der Waals surface area contributed by atoms with Gasteiger partial charge in [-0.3, -0.25) is 15.0 Å². The highest BCUT2D eigenvalue weighted by atomic mass is 32.1. The van der Waals surface area contributed by atoms with Crippen LogP contribution >= 0.6 is 11.3 Å². The van der Waals surface area contributed by atoms with Gasteiger partial charge in [-0.2, -0.15) is 11.3 Å². The Morgan fingerprint density at radius 3 is 2.95 bits per heavy atom. The SMILES string of the molecule is CC1NC(c2ccsc2)N(C2CCN3CCCCC23)C1=O. The number of thiophene rings is 1. The molecule has 4 heterocycles. The Kier molecular flexibility index (Phi) is 3.52. The molecule has 1 aromatic rings. The van der Waals surface area contributed by atoms with Gasteiger partial charge in [-0.25, -0.2) is 0 Å². The minimum absolute atomic E-state index is 0.0625. The van der Waals surface area contributed by atoms with Crippen molar-refractivity contribution in [3.05, 3.63) is 22.4 Å². The van der Waals surface area contributed by atoms with Crippen LogP contribution in [0, 0.1) is 0 Å². The molecule has 0 saturated carbocycles. The number of hydrogen-bond acceptors (Lipinski definition) is 4. The molecule has 5 heteroatoms. The first-order valence-corrected chi connectivity index (χ1v) is 9.04. The zero-order valence-electron chi connectivity index (χ0n) is 12.5. The lowest BCUT2D eigenvalue weighted by molar-refractivity contribution is -0.132. The Bertz CT molecular complexity index is 518. The van der Waals surface area contributed by atoms with Crippen LogP contribution in [0.4, 0.5) is 0 Å². The molecule has 4 atom stereocenters. The summed E-state index contributed by atoms with van der Waals surface area (Å²) in [6, 6.07) is 3.05. The van der Waals surface area contributed by atoms with Crippen LogP contribution in [0.1, 0.15) is 44.3 Å². The number of nitrogens with one attached hydrogen (secondary N) is 1. The topological polar surface area (TPSA) is 35.6 Å². The second-order valence-corrected chi connectivity index (χ2v) is 7.33. The molecule has 1 amide bonds. The highest BCUT2D eigenvalue weighted by molar-refractivity contribution is 7.07. The Morgan fingerprint density at radius 2 is 2.14 bits per heavy atom. The number of hydrogen-bond donors (Lipinski definition) is 1. The summed E-state index contributed by atoms with van der Waals surface area (Å²) in [5.41, 5.74) is 1.24. The number of rotatable bonds is 2. The molecule has 4 unspecified atom stereocenters. The average Bonchev–Trinajstić information content (AvgIpc) is 3.20. The maximum atomic E-state index is 12.7. The van der Waals surface area contributed by atoms with Crippen molar-refractivity contribution in [3.8, 4) is 0 Å². The summed E-state index contributed by atoms with van der Waals surface area (Å²) in [6.45, 7) is 4.37. The standard InChI is InChI=1S/C16H23N3OS/c1-11-16(20)19(15(17-11)12-6-9-21-10-12)14-5-8-18-7-3-2-4-13(14)18/h6,9-11,13-15,17H,2-5,7-8H2,1H3. The molecule has 3 aliphatic rings. The van der Waals surface area contributed by atoms with E-state index in [2.05, 4.69) is 31.9 Å². The molecule has 3 aliphatic heterocycles. The Hall–Kier alpha value is -0.910. The van der Waals surface area contributed by atoms with Crippen LogP contribution < -0.4 is 5.32 Å². The third-order valence-corrected chi connectivity index (χ3v) is 6.05. The van der Waals surface area contributed by atoms with Crippen LogP contribution in [-0.4, -0.2) is 46.9 Å². The molecule has 4 nitrogen and oxygen atoms in total. The monoisotopic (exact) mass is 305 g/mol. The fourth-order valence-corrected chi connectivity index (χ4v) is 5.01. The minimum Gasteiger partial charge on any atom is -0.317 e. The van der Waals surface area contributed by atoms with E-state index in [0.29, 0.717) is 12.1 Å². The number of piperidine rings is 1. The number of fused-ring (bicyclic) bond motifs is 1. The van der Waals surface area contributed by atoms with Crippen LogP contribution in [0.2, 0.25) is 0 Å². The molecular formula is C16H23N3OS. The van der Waals surface area contributed by atoms with Gasteiger partial charge in [0.05, 0.1) is 12.1 Å². The van der Waals surface area contributed by atoms with E-state index < -0.39 is 0 Å². The normalized spacial score (nSPS) is 37.2. The highest BCUT2D eigenvalue weighted by Gasteiger charge is 2.47. The lowest BCUT2D eigenvalue weighted by Gasteiger charge is -2.38. The Balaban J connectivity index is 1.63. The first-order valence-electron chi connectivity index (χ1n) is 8.10. The Labute approximate surface area is 130 Å². The van der Waals surface area contributed by atoms with Crippen LogP contribution in [0.5, 0.6) is 0 Å². The van der Waals surface area contributed by atoms with Crippen molar-refractivity contribution in [1.82, 2.24) is 15.1 Å². The van der Waals surface area contributed by atoms with Gasteiger partial charge in [0.15, 0.2) is 0 Å². The molecule has 4 rings (SSSR count). The third kappa shape index (κ3) is 2.22.